The zero-order valence-corrected chi connectivity index (χ0v) is 14.1. The molecule has 4 nitrogen and oxygen atoms in total. The molecule has 0 heterocycles. The van der Waals surface area contributed by atoms with Crippen molar-refractivity contribution >= 4 is 11.6 Å². The highest BCUT2D eigenvalue weighted by Crippen LogP contribution is 2.25. The number of amides is 1. The second kappa shape index (κ2) is 7.68. The van der Waals surface area contributed by atoms with Gasteiger partial charge in [-0.3, -0.25) is 4.79 Å². The van der Waals surface area contributed by atoms with Crippen molar-refractivity contribution in [3.8, 4) is 11.5 Å². The number of carbonyl (C=O) groups excluding carboxylic acids is 1. The number of benzene rings is 2. The first-order valence-electron chi connectivity index (χ1n) is 7.72. The van der Waals surface area contributed by atoms with Crippen LogP contribution in [0.1, 0.15) is 25.0 Å². The summed E-state index contributed by atoms with van der Waals surface area (Å²) in [5, 5.41) is 2.84. The maximum Gasteiger partial charge on any atom is 0.262 e. The van der Waals surface area contributed by atoms with Crippen LogP contribution in [-0.4, -0.2) is 18.6 Å². The highest BCUT2D eigenvalue weighted by molar-refractivity contribution is 5.93. The molecule has 0 atom stereocenters. The molecule has 2 aromatic rings. The van der Waals surface area contributed by atoms with Gasteiger partial charge in [0.25, 0.3) is 5.91 Å². The van der Waals surface area contributed by atoms with E-state index in [1.807, 2.05) is 70.2 Å². The van der Waals surface area contributed by atoms with Crippen LogP contribution in [0.3, 0.4) is 0 Å². The molecule has 0 saturated heterocycles. The summed E-state index contributed by atoms with van der Waals surface area (Å²) in [5.74, 6) is 1.20. The summed E-state index contributed by atoms with van der Waals surface area (Å²) in [5.41, 5.74) is 2.68. The number of anilines is 1. The summed E-state index contributed by atoms with van der Waals surface area (Å²) in [6.07, 6.45) is 0.0407. The number of carbonyl (C=O) groups is 1. The van der Waals surface area contributed by atoms with Gasteiger partial charge in [0.1, 0.15) is 11.5 Å². The van der Waals surface area contributed by atoms with Gasteiger partial charge < -0.3 is 14.8 Å². The number of nitrogens with one attached hydrogen (secondary N) is 1. The number of ether oxygens (including phenoxy) is 2. The summed E-state index contributed by atoms with van der Waals surface area (Å²) in [6, 6.07) is 13.3. The fourth-order valence-electron chi connectivity index (χ4n) is 2.28. The molecule has 0 fully saturated rings. The van der Waals surface area contributed by atoms with Crippen molar-refractivity contribution in [2.75, 3.05) is 11.9 Å². The summed E-state index contributed by atoms with van der Waals surface area (Å²) in [7, 11) is 0. The standard InChI is InChI=1S/C19H23NO3/c1-13(2)23-17-11-6-5-10-16(17)20-18(21)12-22-19-14(3)8-7-9-15(19)4/h5-11,13H,12H2,1-4H3,(H,20,21). The molecule has 0 aliphatic carbocycles. The molecule has 4 heteroatoms. The Bertz CT molecular complexity index is 660. The van der Waals surface area contributed by atoms with Crippen molar-refractivity contribution in [2.24, 2.45) is 0 Å². The fourth-order valence-corrected chi connectivity index (χ4v) is 2.28. The highest BCUT2D eigenvalue weighted by Gasteiger charge is 2.11. The summed E-state index contributed by atoms with van der Waals surface area (Å²) in [6.45, 7) is 7.78. The van der Waals surface area contributed by atoms with Crippen molar-refractivity contribution < 1.29 is 14.3 Å². The van der Waals surface area contributed by atoms with E-state index in [-0.39, 0.29) is 18.6 Å². The molecule has 23 heavy (non-hydrogen) atoms. The van der Waals surface area contributed by atoms with Gasteiger partial charge in [-0.1, -0.05) is 30.3 Å². The maximum atomic E-state index is 12.2. The monoisotopic (exact) mass is 313 g/mol. The predicted octanol–water partition coefficient (Wildman–Crippen LogP) is 4.11. The number of aryl methyl sites for hydroxylation is 2. The van der Waals surface area contributed by atoms with E-state index >= 15 is 0 Å². The van der Waals surface area contributed by atoms with Crippen LogP contribution in [0, 0.1) is 13.8 Å². The summed E-state index contributed by atoms with van der Waals surface area (Å²) < 4.78 is 11.4. The summed E-state index contributed by atoms with van der Waals surface area (Å²) in [4.78, 5) is 12.2. The molecular formula is C19H23NO3. The number of hydrogen-bond acceptors (Lipinski definition) is 3. The number of para-hydroxylation sites is 3. The lowest BCUT2D eigenvalue weighted by Gasteiger charge is -2.15. The topological polar surface area (TPSA) is 47.6 Å². The minimum atomic E-state index is -0.215. The lowest BCUT2D eigenvalue weighted by atomic mass is 10.1. The van der Waals surface area contributed by atoms with Crippen LogP contribution in [0.2, 0.25) is 0 Å². The second-order valence-electron chi connectivity index (χ2n) is 5.72. The first-order chi connectivity index (χ1) is 11.0. The van der Waals surface area contributed by atoms with E-state index in [4.69, 9.17) is 9.47 Å². The van der Waals surface area contributed by atoms with Crippen LogP contribution in [-0.2, 0) is 4.79 Å². The van der Waals surface area contributed by atoms with Crippen LogP contribution in [0.25, 0.3) is 0 Å². The average molecular weight is 313 g/mol. The molecule has 0 saturated carbocycles. The molecule has 2 rings (SSSR count). The van der Waals surface area contributed by atoms with Crippen molar-refractivity contribution in [2.45, 2.75) is 33.8 Å². The van der Waals surface area contributed by atoms with Gasteiger partial charge in [-0.05, 0) is 51.0 Å². The van der Waals surface area contributed by atoms with Gasteiger partial charge in [0.15, 0.2) is 6.61 Å². The maximum absolute atomic E-state index is 12.2. The molecule has 1 amide bonds. The normalized spacial score (nSPS) is 10.5. The molecule has 0 aromatic heterocycles. The zero-order chi connectivity index (χ0) is 16.8. The van der Waals surface area contributed by atoms with Gasteiger partial charge in [-0.25, -0.2) is 0 Å². The molecule has 1 N–H and O–H groups in total. The molecule has 0 aliphatic heterocycles. The quantitative estimate of drug-likeness (QED) is 0.873. The molecule has 0 spiro atoms. The van der Waals surface area contributed by atoms with Gasteiger partial charge in [-0.15, -0.1) is 0 Å². The number of rotatable bonds is 6. The van der Waals surface area contributed by atoms with E-state index in [9.17, 15) is 4.79 Å². The van der Waals surface area contributed by atoms with Gasteiger partial charge in [0, 0.05) is 0 Å². The fraction of sp³-hybridized carbons (Fsp3) is 0.316. The SMILES string of the molecule is Cc1cccc(C)c1OCC(=O)Nc1ccccc1OC(C)C. The largest absolute Gasteiger partial charge is 0.489 e. The van der Waals surface area contributed by atoms with E-state index < -0.39 is 0 Å². The second-order valence-corrected chi connectivity index (χ2v) is 5.72. The van der Waals surface area contributed by atoms with Crippen molar-refractivity contribution in [1.29, 1.82) is 0 Å². The Kier molecular flexibility index (Phi) is 5.63. The van der Waals surface area contributed by atoms with Crippen molar-refractivity contribution in [3.05, 3.63) is 53.6 Å². The first kappa shape index (κ1) is 16.9. The predicted molar refractivity (Wildman–Crippen MR) is 92.2 cm³/mol. The van der Waals surface area contributed by atoms with Crippen LogP contribution in [0.4, 0.5) is 5.69 Å². The molecule has 0 bridgehead atoms. The Hall–Kier alpha value is -2.49. The van der Waals surface area contributed by atoms with Gasteiger partial charge >= 0.3 is 0 Å². The van der Waals surface area contributed by atoms with Crippen molar-refractivity contribution in [1.82, 2.24) is 0 Å². The van der Waals surface area contributed by atoms with E-state index in [2.05, 4.69) is 5.32 Å². The van der Waals surface area contributed by atoms with E-state index in [1.54, 1.807) is 0 Å². The zero-order valence-electron chi connectivity index (χ0n) is 14.1. The Labute approximate surface area is 137 Å². The molecular weight excluding hydrogens is 290 g/mol. The van der Waals surface area contributed by atoms with E-state index in [0.29, 0.717) is 11.4 Å². The molecule has 122 valence electrons. The van der Waals surface area contributed by atoms with E-state index in [0.717, 1.165) is 16.9 Å². The van der Waals surface area contributed by atoms with Gasteiger partial charge in [0.2, 0.25) is 0 Å². The van der Waals surface area contributed by atoms with E-state index in [1.165, 1.54) is 0 Å². The van der Waals surface area contributed by atoms with Crippen LogP contribution >= 0.6 is 0 Å². The van der Waals surface area contributed by atoms with Crippen LogP contribution in [0.15, 0.2) is 42.5 Å². The third kappa shape index (κ3) is 4.74. The van der Waals surface area contributed by atoms with Gasteiger partial charge in [0.05, 0.1) is 11.8 Å². The third-order valence-electron chi connectivity index (χ3n) is 3.28. The van der Waals surface area contributed by atoms with Crippen LogP contribution in [0.5, 0.6) is 11.5 Å². The molecule has 0 radical (unpaired) electrons. The first-order valence-corrected chi connectivity index (χ1v) is 7.72. The Morgan fingerprint density at radius 3 is 2.35 bits per heavy atom. The lowest BCUT2D eigenvalue weighted by Crippen LogP contribution is -2.21. The smallest absolute Gasteiger partial charge is 0.262 e. The minimum absolute atomic E-state index is 0.0400. The van der Waals surface area contributed by atoms with Gasteiger partial charge in [-0.2, -0.15) is 0 Å². The number of hydrogen-bond donors (Lipinski definition) is 1. The Morgan fingerprint density at radius 2 is 1.70 bits per heavy atom. The molecule has 2 aromatic carbocycles. The highest BCUT2D eigenvalue weighted by atomic mass is 16.5. The molecule has 0 aliphatic rings. The average Bonchev–Trinajstić information content (AvgIpc) is 2.48. The Morgan fingerprint density at radius 1 is 1.04 bits per heavy atom. The Balaban J connectivity index is 2.00. The molecule has 0 unspecified atom stereocenters. The third-order valence-corrected chi connectivity index (χ3v) is 3.28. The summed E-state index contributed by atoms with van der Waals surface area (Å²) >= 11 is 0. The minimum Gasteiger partial charge on any atom is -0.489 e. The van der Waals surface area contributed by atoms with Crippen LogP contribution < -0.4 is 14.8 Å². The lowest BCUT2D eigenvalue weighted by molar-refractivity contribution is -0.118. The van der Waals surface area contributed by atoms with Crippen molar-refractivity contribution in [3.63, 3.8) is 0 Å².